The maximum absolute atomic E-state index is 12.5. The zero-order valence-electron chi connectivity index (χ0n) is 18.0. The first-order valence-electron chi connectivity index (χ1n) is 10.8. The molecule has 5 rings (SSSR count). The van der Waals surface area contributed by atoms with Gasteiger partial charge in [0.05, 0.1) is 30.5 Å². The Kier molecular flexibility index (Phi) is 3.78. The molecule has 1 saturated carbocycles. The first kappa shape index (κ1) is 19.0. The SMILES string of the molecule is C=C1CC[C@H]2C3Cc4ccc(O)c5c4[C@@]2(CC[N@+]3(C)COC(=O)C(C)(C)C)[C@H]1O5. The van der Waals surface area contributed by atoms with E-state index in [-0.39, 0.29) is 23.2 Å². The Balaban J connectivity index is 1.56. The molecule has 2 heterocycles. The number of benzene rings is 1. The minimum atomic E-state index is -0.491. The summed E-state index contributed by atoms with van der Waals surface area (Å²) in [6.45, 7) is 11.4. The molecular formula is C24H32NO4+. The van der Waals surface area contributed by atoms with Crippen molar-refractivity contribution >= 4 is 5.97 Å². The maximum Gasteiger partial charge on any atom is 0.315 e. The highest BCUT2D eigenvalue weighted by Crippen LogP contribution is 2.65. The molecule has 1 aromatic rings. The molecule has 2 bridgehead atoms. The van der Waals surface area contributed by atoms with Crippen molar-refractivity contribution in [2.45, 2.75) is 64.0 Å². The highest BCUT2D eigenvalue weighted by Gasteiger charge is 2.68. The zero-order chi connectivity index (χ0) is 20.8. The number of ether oxygens (including phenoxy) is 2. The van der Waals surface area contributed by atoms with Gasteiger partial charge >= 0.3 is 5.97 Å². The van der Waals surface area contributed by atoms with Crippen molar-refractivity contribution in [1.29, 1.82) is 0 Å². The van der Waals surface area contributed by atoms with Gasteiger partial charge in [0.25, 0.3) is 0 Å². The monoisotopic (exact) mass is 398 g/mol. The number of quaternary nitrogens is 1. The lowest BCUT2D eigenvalue weighted by atomic mass is 9.51. The first-order chi connectivity index (χ1) is 13.6. The fraction of sp³-hybridized carbons (Fsp3) is 0.625. The normalized spacial score (nSPS) is 37.0. The van der Waals surface area contributed by atoms with Crippen LogP contribution in [0.15, 0.2) is 24.3 Å². The van der Waals surface area contributed by atoms with E-state index in [1.807, 2.05) is 20.8 Å². The molecule has 1 N–H and O–H groups in total. The molecule has 0 amide bonds. The summed E-state index contributed by atoms with van der Waals surface area (Å²) >= 11 is 0. The van der Waals surface area contributed by atoms with Gasteiger partial charge in [0.2, 0.25) is 6.73 Å². The number of hydrogen-bond acceptors (Lipinski definition) is 4. The quantitative estimate of drug-likeness (QED) is 0.469. The topological polar surface area (TPSA) is 55.8 Å². The van der Waals surface area contributed by atoms with E-state index in [1.165, 1.54) is 11.1 Å². The smallest absolute Gasteiger partial charge is 0.315 e. The lowest BCUT2D eigenvalue weighted by Gasteiger charge is -2.60. The van der Waals surface area contributed by atoms with E-state index in [0.717, 1.165) is 42.3 Å². The van der Waals surface area contributed by atoms with Gasteiger partial charge in [-0.3, -0.25) is 9.28 Å². The van der Waals surface area contributed by atoms with Crippen molar-refractivity contribution in [1.82, 2.24) is 0 Å². The van der Waals surface area contributed by atoms with Crippen LogP contribution in [0.2, 0.25) is 0 Å². The Bertz CT molecular complexity index is 916. The lowest BCUT2D eigenvalue weighted by molar-refractivity contribution is -0.959. The van der Waals surface area contributed by atoms with E-state index in [0.29, 0.717) is 24.4 Å². The number of phenols is 1. The van der Waals surface area contributed by atoms with E-state index in [1.54, 1.807) is 6.07 Å². The van der Waals surface area contributed by atoms with Crippen molar-refractivity contribution in [2.24, 2.45) is 11.3 Å². The third kappa shape index (κ3) is 2.40. The highest BCUT2D eigenvalue weighted by molar-refractivity contribution is 5.75. The largest absolute Gasteiger partial charge is 0.504 e. The summed E-state index contributed by atoms with van der Waals surface area (Å²) in [5, 5.41) is 10.5. The molecule has 0 aromatic heterocycles. The number of esters is 1. The molecule has 5 nitrogen and oxygen atoms in total. The Morgan fingerprint density at radius 2 is 2.17 bits per heavy atom. The third-order valence-corrected chi connectivity index (χ3v) is 8.03. The van der Waals surface area contributed by atoms with Gasteiger partial charge < -0.3 is 14.6 Å². The molecule has 5 heteroatoms. The van der Waals surface area contributed by atoms with Crippen LogP contribution in [0.1, 0.15) is 51.2 Å². The van der Waals surface area contributed by atoms with Crippen LogP contribution < -0.4 is 4.74 Å². The van der Waals surface area contributed by atoms with E-state index < -0.39 is 5.41 Å². The molecule has 29 heavy (non-hydrogen) atoms. The Morgan fingerprint density at radius 1 is 1.41 bits per heavy atom. The predicted molar refractivity (Wildman–Crippen MR) is 110 cm³/mol. The summed E-state index contributed by atoms with van der Waals surface area (Å²) in [7, 11) is 2.24. The van der Waals surface area contributed by atoms with E-state index >= 15 is 0 Å². The summed E-state index contributed by atoms with van der Waals surface area (Å²) < 4.78 is 13.0. The summed E-state index contributed by atoms with van der Waals surface area (Å²) in [6.07, 6.45) is 3.89. The number of likely N-dealkylation sites (N-methyl/N-ethyl adjacent to an activating group) is 1. The van der Waals surface area contributed by atoms with Crippen LogP contribution in [0, 0.1) is 11.3 Å². The average Bonchev–Trinajstić information content (AvgIpc) is 3.02. The van der Waals surface area contributed by atoms with Crippen LogP contribution >= 0.6 is 0 Å². The number of carbonyl (C=O) groups is 1. The van der Waals surface area contributed by atoms with Crippen molar-refractivity contribution in [3.05, 3.63) is 35.4 Å². The van der Waals surface area contributed by atoms with Gasteiger partial charge in [0.1, 0.15) is 6.10 Å². The minimum Gasteiger partial charge on any atom is -0.504 e. The van der Waals surface area contributed by atoms with Gasteiger partial charge in [0.15, 0.2) is 11.5 Å². The Morgan fingerprint density at radius 3 is 2.90 bits per heavy atom. The molecule has 2 aliphatic carbocycles. The Hall–Kier alpha value is -2.01. The van der Waals surface area contributed by atoms with Crippen LogP contribution in [0.4, 0.5) is 0 Å². The molecule has 1 saturated heterocycles. The fourth-order valence-corrected chi connectivity index (χ4v) is 6.51. The summed E-state index contributed by atoms with van der Waals surface area (Å²) in [5.41, 5.74) is 3.09. The number of aromatic hydroxyl groups is 1. The second-order valence-electron chi connectivity index (χ2n) is 10.8. The van der Waals surface area contributed by atoms with Gasteiger partial charge in [0, 0.05) is 24.3 Å². The lowest BCUT2D eigenvalue weighted by Crippen LogP contribution is -2.71. The maximum atomic E-state index is 12.5. The number of nitrogens with zero attached hydrogens (tertiary/aromatic N) is 1. The predicted octanol–water partition coefficient (Wildman–Crippen LogP) is 3.68. The number of hydrogen-bond donors (Lipinski definition) is 1. The molecular weight excluding hydrogens is 366 g/mol. The average molecular weight is 399 g/mol. The van der Waals surface area contributed by atoms with Gasteiger partial charge in [-0.2, -0.15) is 0 Å². The molecule has 1 aromatic carbocycles. The molecule has 4 aliphatic rings. The molecule has 5 atom stereocenters. The molecule has 1 spiro atoms. The van der Waals surface area contributed by atoms with Crippen LogP contribution in [0.3, 0.4) is 0 Å². The van der Waals surface area contributed by atoms with Crippen molar-refractivity contribution < 1.29 is 23.9 Å². The van der Waals surface area contributed by atoms with Crippen LogP contribution in [0.25, 0.3) is 0 Å². The Labute approximate surface area is 172 Å². The molecule has 2 fully saturated rings. The molecule has 156 valence electrons. The second kappa shape index (κ2) is 5.78. The van der Waals surface area contributed by atoms with Gasteiger partial charge in [-0.25, -0.2) is 0 Å². The summed E-state index contributed by atoms with van der Waals surface area (Å²) in [5.74, 6) is 1.24. The van der Waals surface area contributed by atoms with Crippen LogP contribution in [-0.2, 0) is 21.4 Å². The highest BCUT2D eigenvalue weighted by atomic mass is 16.5. The number of likely N-dealkylation sites (tertiary alicyclic amines) is 1. The van der Waals surface area contributed by atoms with Gasteiger partial charge in [-0.1, -0.05) is 12.6 Å². The van der Waals surface area contributed by atoms with Gasteiger partial charge in [-0.05, 0) is 50.8 Å². The summed E-state index contributed by atoms with van der Waals surface area (Å²) in [4.78, 5) is 12.5. The number of piperidine rings is 1. The van der Waals surface area contributed by atoms with E-state index in [9.17, 15) is 9.90 Å². The second-order valence-corrected chi connectivity index (χ2v) is 10.8. The number of rotatable bonds is 2. The molecule has 1 unspecified atom stereocenters. The fourth-order valence-electron chi connectivity index (χ4n) is 6.51. The van der Waals surface area contributed by atoms with Crippen molar-refractivity contribution in [3.63, 3.8) is 0 Å². The van der Waals surface area contributed by atoms with E-state index in [2.05, 4.69) is 19.7 Å². The van der Waals surface area contributed by atoms with Crippen LogP contribution in [0.5, 0.6) is 11.5 Å². The van der Waals surface area contributed by atoms with Crippen molar-refractivity contribution in [2.75, 3.05) is 20.3 Å². The standard InChI is InChI=1S/C24H31NO4/c1-14-6-8-16-17-12-15-7-9-18(26)20-19(15)24(16,21(14)29-20)10-11-25(17,5)13-28-22(27)23(2,3)4/h7,9,16-17,21H,1,6,8,10-13H2,2-5H3/p+1/t16-,17?,21-,24-,25+/m0/s1. The number of carbonyl (C=O) groups excluding carboxylic acids is 1. The zero-order valence-corrected chi connectivity index (χ0v) is 18.0. The third-order valence-electron chi connectivity index (χ3n) is 8.03. The number of phenolic OH excluding ortho intramolecular Hbond substituents is 1. The van der Waals surface area contributed by atoms with Crippen LogP contribution in [-0.4, -0.2) is 48.0 Å². The minimum absolute atomic E-state index is 0.0445. The summed E-state index contributed by atoms with van der Waals surface area (Å²) in [6, 6.07) is 4.21. The van der Waals surface area contributed by atoms with Gasteiger partial charge in [-0.15, -0.1) is 0 Å². The van der Waals surface area contributed by atoms with E-state index in [4.69, 9.17) is 9.47 Å². The molecule has 2 aliphatic heterocycles. The first-order valence-corrected chi connectivity index (χ1v) is 10.8. The molecule has 0 radical (unpaired) electrons. The van der Waals surface area contributed by atoms with Crippen molar-refractivity contribution in [3.8, 4) is 11.5 Å².